The van der Waals surface area contributed by atoms with E-state index in [1.807, 2.05) is 83.1 Å². The van der Waals surface area contributed by atoms with Crippen LogP contribution in [0.4, 0.5) is 0 Å². The molecule has 4 aliphatic heterocycles. The molecule has 0 bridgehead atoms. The zero-order valence-electron chi connectivity index (χ0n) is 36.9. The minimum Gasteiger partial charge on any atom is -0.875 e. The number of ether oxygens (including phenoxy) is 4. The first kappa shape index (κ1) is 64.3. The van der Waals surface area contributed by atoms with E-state index in [9.17, 15) is 20.4 Å². The van der Waals surface area contributed by atoms with Crippen LogP contribution in [0.1, 0.15) is 134 Å². The summed E-state index contributed by atoms with van der Waals surface area (Å²) >= 11 is 0. The van der Waals surface area contributed by atoms with Gasteiger partial charge >= 0.3 is 75.4 Å². The van der Waals surface area contributed by atoms with Gasteiger partial charge in [-0.15, -0.1) is 23.0 Å². The van der Waals surface area contributed by atoms with Crippen molar-refractivity contribution in [2.24, 2.45) is 21.7 Å². The first-order valence-electron chi connectivity index (χ1n) is 17.9. The van der Waals surface area contributed by atoms with Crippen LogP contribution in [0.15, 0.2) is 47.3 Å². The van der Waals surface area contributed by atoms with Crippen molar-refractivity contribution in [3.05, 3.63) is 47.3 Å². The molecule has 0 aromatic rings. The van der Waals surface area contributed by atoms with Crippen LogP contribution in [0.25, 0.3) is 0 Å². The second-order valence-corrected chi connectivity index (χ2v) is 16.4. The van der Waals surface area contributed by atoms with Crippen LogP contribution in [0.5, 0.6) is 0 Å². The molecule has 0 amide bonds. The van der Waals surface area contributed by atoms with Crippen molar-refractivity contribution in [3.8, 4) is 0 Å². The molecule has 0 atom stereocenters. The maximum absolute atomic E-state index is 11.5. The van der Waals surface area contributed by atoms with E-state index in [0.29, 0.717) is 0 Å². The van der Waals surface area contributed by atoms with Crippen molar-refractivity contribution in [1.82, 2.24) is 0 Å². The predicted octanol–water partition coefficient (Wildman–Crippen LogP) is -5.66. The van der Waals surface area contributed by atoms with Gasteiger partial charge in [0.1, 0.15) is 0 Å². The SMILES string of the molecule is C1CCOC1.C1CCOC1.C1CCOC1.C1CCOC1.CC(C)(C)/C([O-])=C/C=C(\[O-])C(C)(C)C.CC(C)(C)/C([O-])=C/C=C(\[O-])C(C)(C)C.[Li+].[Li+].[Li+].[Li+]. The average molecular weight is 709 g/mol. The minimum atomic E-state index is -0.408. The van der Waals surface area contributed by atoms with E-state index in [1.165, 1.54) is 75.7 Å². The molecule has 0 aromatic carbocycles. The maximum atomic E-state index is 11.5. The molecule has 8 nitrogen and oxygen atoms in total. The Kier molecular flexibility index (Phi) is 44.2. The average Bonchev–Trinajstić information content (AvgIpc) is 3.83. The second-order valence-electron chi connectivity index (χ2n) is 16.4. The van der Waals surface area contributed by atoms with Crippen molar-refractivity contribution < 1.29 is 115 Å². The molecule has 0 unspecified atom stereocenters. The Balaban J connectivity index is -0.000000128. The standard InChI is InChI=1S/2C12H22O2.4C4H8O.4Li/c2*1-11(2,3)9(13)7-8-10(14)12(4,5)6;4*1-2-4-5-3-1;;;;/h2*7-8,13-14H,1-6H3;4*1-4H2;;;;/q;;;;;;4*+1/p-4/b2*9-7-,10-8-;;;;;;;;. The zero-order valence-corrected chi connectivity index (χ0v) is 36.9. The molecular formula is C40H72Li4O8. The third-order valence-corrected chi connectivity index (χ3v) is 7.04. The number of allylic oxidation sites excluding steroid dienone is 8. The van der Waals surface area contributed by atoms with Crippen molar-refractivity contribution in [1.29, 1.82) is 0 Å². The van der Waals surface area contributed by atoms with E-state index in [-0.39, 0.29) is 98.5 Å². The summed E-state index contributed by atoms with van der Waals surface area (Å²) in [7, 11) is 0. The Labute approximate surface area is 368 Å². The fraction of sp³-hybridized carbons (Fsp3) is 0.800. The van der Waals surface area contributed by atoms with Gasteiger partial charge in [-0.05, 0) is 73.0 Å². The summed E-state index contributed by atoms with van der Waals surface area (Å²) in [4.78, 5) is 0. The van der Waals surface area contributed by atoms with Gasteiger partial charge in [0.15, 0.2) is 0 Å². The first-order chi connectivity index (χ1) is 22.1. The molecule has 4 fully saturated rings. The van der Waals surface area contributed by atoms with E-state index in [4.69, 9.17) is 18.9 Å². The molecule has 4 saturated heterocycles. The summed E-state index contributed by atoms with van der Waals surface area (Å²) in [5.41, 5.74) is -1.63. The Morgan fingerprint density at radius 1 is 0.308 bits per heavy atom. The van der Waals surface area contributed by atoms with Crippen molar-refractivity contribution in [2.45, 2.75) is 134 Å². The van der Waals surface area contributed by atoms with E-state index in [0.717, 1.165) is 52.9 Å². The molecule has 12 heteroatoms. The molecule has 0 N–H and O–H groups in total. The minimum absolute atomic E-state index is 0. The predicted molar refractivity (Wildman–Crippen MR) is 190 cm³/mol. The summed E-state index contributed by atoms with van der Waals surface area (Å²) in [6.07, 6.45) is 15.8. The summed E-state index contributed by atoms with van der Waals surface area (Å²) in [5.74, 6) is -0.0737. The molecular weight excluding hydrogens is 636 g/mol. The van der Waals surface area contributed by atoms with E-state index in [1.54, 1.807) is 0 Å². The van der Waals surface area contributed by atoms with Gasteiger partial charge < -0.3 is 39.4 Å². The molecule has 284 valence electrons. The topological polar surface area (TPSA) is 129 Å². The van der Waals surface area contributed by atoms with Gasteiger partial charge in [-0.25, -0.2) is 0 Å². The summed E-state index contributed by atoms with van der Waals surface area (Å²) < 4.78 is 19.8. The smallest absolute Gasteiger partial charge is 0.875 e. The van der Waals surface area contributed by atoms with Crippen molar-refractivity contribution in [3.63, 3.8) is 0 Å². The Morgan fingerprint density at radius 2 is 0.423 bits per heavy atom. The molecule has 0 saturated carbocycles. The van der Waals surface area contributed by atoms with E-state index in [2.05, 4.69) is 0 Å². The Bertz CT molecular complexity index is 741. The molecule has 0 aromatic heterocycles. The fourth-order valence-corrected chi connectivity index (χ4v) is 3.34. The second kappa shape index (κ2) is 35.8. The van der Waals surface area contributed by atoms with Crippen LogP contribution in [-0.2, 0) is 18.9 Å². The van der Waals surface area contributed by atoms with Gasteiger partial charge in [0.05, 0.1) is 0 Å². The van der Waals surface area contributed by atoms with Crippen LogP contribution in [0, 0.1) is 21.7 Å². The third kappa shape index (κ3) is 41.6. The molecule has 4 aliphatic rings. The summed E-state index contributed by atoms with van der Waals surface area (Å²) in [6, 6.07) is 0. The fourth-order valence-electron chi connectivity index (χ4n) is 3.34. The molecule has 0 radical (unpaired) electrons. The first-order valence-corrected chi connectivity index (χ1v) is 17.9. The van der Waals surface area contributed by atoms with Gasteiger partial charge in [0.25, 0.3) is 0 Å². The quantitative estimate of drug-likeness (QED) is 0.158. The summed E-state index contributed by atoms with van der Waals surface area (Å²) in [5, 5.41) is 45.8. The molecule has 4 heterocycles. The van der Waals surface area contributed by atoms with Crippen LogP contribution >= 0.6 is 0 Å². The van der Waals surface area contributed by atoms with Gasteiger partial charge in [-0.1, -0.05) is 107 Å². The van der Waals surface area contributed by atoms with Crippen molar-refractivity contribution >= 4 is 0 Å². The number of hydrogen-bond donors (Lipinski definition) is 0. The normalized spacial score (nSPS) is 17.8. The third-order valence-electron chi connectivity index (χ3n) is 7.04. The zero-order chi connectivity index (χ0) is 37.3. The van der Waals surface area contributed by atoms with E-state index >= 15 is 0 Å². The van der Waals surface area contributed by atoms with Crippen LogP contribution < -0.4 is 95.9 Å². The van der Waals surface area contributed by atoms with E-state index < -0.39 is 21.7 Å². The molecule has 52 heavy (non-hydrogen) atoms. The van der Waals surface area contributed by atoms with Gasteiger partial charge in [-0.3, -0.25) is 0 Å². The summed E-state index contributed by atoms with van der Waals surface area (Å²) in [6.45, 7) is 30.0. The molecule has 4 rings (SSSR count). The van der Waals surface area contributed by atoms with Crippen LogP contribution in [-0.4, -0.2) is 52.9 Å². The molecule has 0 spiro atoms. The number of rotatable bonds is 2. The number of hydrogen-bond acceptors (Lipinski definition) is 8. The van der Waals surface area contributed by atoms with Crippen LogP contribution in [0.3, 0.4) is 0 Å². The van der Waals surface area contributed by atoms with Gasteiger partial charge in [0, 0.05) is 52.9 Å². The van der Waals surface area contributed by atoms with Crippen LogP contribution in [0.2, 0.25) is 0 Å². The Morgan fingerprint density at radius 3 is 0.481 bits per heavy atom. The van der Waals surface area contributed by atoms with Gasteiger partial charge in [-0.2, -0.15) is 0 Å². The largest absolute Gasteiger partial charge is 1.00 e. The van der Waals surface area contributed by atoms with Crippen molar-refractivity contribution in [2.75, 3.05) is 52.9 Å². The van der Waals surface area contributed by atoms with Gasteiger partial charge in [0.2, 0.25) is 0 Å². The maximum Gasteiger partial charge on any atom is 1.00 e. The Hall–Kier alpha value is 0.390. The molecule has 0 aliphatic carbocycles. The monoisotopic (exact) mass is 709 g/mol.